The summed E-state index contributed by atoms with van der Waals surface area (Å²) in [6.07, 6.45) is 8.32. The Hall–Kier alpha value is -2.01. The summed E-state index contributed by atoms with van der Waals surface area (Å²) in [6.45, 7) is 2.41. The van der Waals surface area contributed by atoms with Crippen LogP contribution in [0.5, 0.6) is 0 Å². The number of terminal acetylenes is 1. The Kier molecular flexibility index (Phi) is 4.18. The molecule has 15 heavy (non-hydrogen) atoms. The summed E-state index contributed by atoms with van der Waals surface area (Å²) in [5, 5.41) is 2.74. The van der Waals surface area contributed by atoms with E-state index in [9.17, 15) is 4.79 Å². The molecule has 1 aromatic rings. The number of rotatable bonds is 3. The van der Waals surface area contributed by atoms with Crippen LogP contribution in [-0.2, 0) is 0 Å². The van der Waals surface area contributed by atoms with E-state index in [4.69, 9.17) is 6.42 Å². The number of nitrogens with one attached hydrogen (secondary N) is 1. The molecule has 76 valence electrons. The quantitative estimate of drug-likeness (QED) is 0.740. The van der Waals surface area contributed by atoms with Gasteiger partial charge < -0.3 is 5.32 Å². The van der Waals surface area contributed by atoms with Crippen LogP contribution in [0.15, 0.2) is 36.4 Å². The molecule has 0 atom stereocenters. The smallest absolute Gasteiger partial charge is 0.251 e. The van der Waals surface area contributed by atoms with Gasteiger partial charge in [0.25, 0.3) is 5.91 Å². The zero-order valence-electron chi connectivity index (χ0n) is 8.66. The van der Waals surface area contributed by atoms with Gasteiger partial charge in [-0.1, -0.05) is 29.7 Å². The molecule has 0 radical (unpaired) electrons. The Bertz CT molecular complexity index is 413. The number of carbonyl (C=O) groups is 1. The molecule has 2 heteroatoms. The highest BCUT2D eigenvalue weighted by molar-refractivity contribution is 5.94. The average Bonchev–Trinajstić information content (AvgIpc) is 2.24. The van der Waals surface area contributed by atoms with E-state index in [0.717, 1.165) is 5.56 Å². The first-order valence-corrected chi connectivity index (χ1v) is 4.70. The Morgan fingerprint density at radius 3 is 3.07 bits per heavy atom. The summed E-state index contributed by atoms with van der Waals surface area (Å²) in [5.74, 6) is 2.28. The molecule has 0 saturated carbocycles. The van der Waals surface area contributed by atoms with E-state index in [-0.39, 0.29) is 5.91 Å². The highest BCUT2D eigenvalue weighted by Gasteiger charge is 2.02. The van der Waals surface area contributed by atoms with Gasteiger partial charge in [-0.15, -0.1) is 6.42 Å². The Morgan fingerprint density at radius 1 is 1.60 bits per heavy atom. The summed E-state index contributed by atoms with van der Waals surface area (Å²) in [6, 6.07) is 7.45. The largest absolute Gasteiger partial charge is 0.349 e. The molecule has 0 unspecified atom stereocenters. The molecule has 0 saturated heterocycles. The molecule has 0 spiro atoms. The highest BCUT2D eigenvalue weighted by atomic mass is 16.1. The maximum Gasteiger partial charge on any atom is 0.251 e. The summed E-state index contributed by atoms with van der Waals surface area (Å²) in [5.41, 5.74) is 1.74. The van der Waals surface area contributed by atoms with E-state index in [1.54, 1.807) is 18.2 Å². The first-order chi connectivity index (χ1) is 7.24. The van der Waals surface area contributed by atoms with Crippen LogP contribution >= 0.6 is 0 Å². The summed E-state index contributed by atoms with van der Waals surface area (Å²) < 4.78 is 0. The zero-order chi connectivity index (χ0) is 11.1. The minimum absolute atomic E-state index is 0.0830. The highest BCUT2D eigenvalue weighted by Crippen LogP contribution is 2.03. The summed E-state index contributed by atoms with van der Waals surface area (Å²) in [4.78, 5) is 11.6. The lowest BCUT2D eigenvalue weighted by atomic mass is 10.1. The SMILES string of the molecule is C#C/C=C/CNC(=O)c1cccc(C)c1. The summed E-state index contributed by atoms with van der Waals surface area (Å²) >= 11 is 0. The molecule has 0 aliphatic carbocycles. The fourth-order valence-corrected chi connectivity index (χ4v) is 1.17. The first kappa shape index (κ1) is 11.1. The van der Waals surface area contributed by atoms with Crippen molar-refractivity contribution in [2.45, 2.75) is 6.92 Å². The number of amides is 1. The normalized spacial score (nSPS) is 9.87. The van der Waals surface area contributed by atoms with Crippen molar-refractivity contribution in [3.8, 4) is 12.3 Å². The number of carbonyl (C=O) groups excluding carboxylic acids is 1. The third kappa shape index (κ3) is 3.70. The van der Waals surface area contributed by atoms with Crippen LogP contribution in [0.1, 0.15) is 15.9 Å². The van der Waals surface area contributed by atoms with Crippen molar-refractivity contribution in [3.63, 3.8) is 0 Å². The second-order valence-corrected chi connectivity index (χ2v) is 3.15. The topological polar surface area (TPSA) is 29.1 Å². The van der Waals surface area contributed by atoms with Gasteiger partial charge in [-0.2, -0.15) is 0 Å². The predicted molar refractivity (Wildman–Crippen MR) is 61.5 cm³/mol. The molecule has 2 nitrogen and oxygen atoms in total. The second kappa shape index (κ2) is 5.66. The maximum absolute atomic E-state index is 11.6. The molecular weight excluding hydrogens is 186 g/mol. The number of benzene rings is 1. The standard InChI is InChI=1S/C13H13NO/c1-3-4-5-9-14-13(15)12-8-6-7-11(2)10-12/h1,4-8,10H,9H2,2H3,(H,14,15)/b5-4+. The number of allylic oxidation sites excluding steroid dienone is 1. The van der Waals surface area contributed by atoms with Crippen molar-refractivity contribution in [2.75, 3.05) is 6.54 Å². The van der Waals surface area contributed by atoms with E-state index in [1.807, 2.05) is 25.1 Å². The van der Waals surface area contributed by atoms with Gasteiger partial charge in [-0.3, -0.25) is 4.79 Å². The molecule has 1 aromatic carbocycles. The average molecular weight is 199 g/mol. The van der Waals surface area contributed by atoms with Crippen LogP contribution in [0.2, 0.25) is 0 Å². The van der Waals surface area contributed by atoms with Gasteiger partial charge in [0.2, 0.25) is 0 Å². The van der Waals surface area contributed by atoms with Crippen LogP contribution in [0, 0.1) is 19.3 Å². The molecule has 0 bridgehead atoms. The molecule has 0 heterocycles. The van der Waals surface area contributed by atoms with Crippen molar-refractivity contribution in [1.82, 2.24) is 5.32 Å². The Balaban J connectivity index is 2.55. The van der Waals surface area contributed by atoms with Crippen molar-refractivity contribution in [3.05, 3.63) is 47.5 Å². The van der Waals surface area contributed by atoms with E-state index >= 15 is 0 Å². The number of hydrogen-bond acceptors (Lipinski definition) is 1. The van der Waals surface area contributed by atoms with E-state index < -0.39 is 0 Å². The van der Waals surface area contributed by atoms with Crippen molar-refractivity contribution >= 4 is 5.91 Å². The lowest BCUT2D eigenvalue weighted by molar-refractivity contribution is 0.0958. The zero-order valence-corrected chi connectivity index (χ0v) is 8.66. The number of hydrogen-bond donors (Lipinski definition) is 1. The van der Waals surface area contributed by atoms with Crippen molar-refractivity contribution < 1.29 is 4.79 Å². The lowest BCUT2D eigenvalue weighted by Gasteiger charge is -2.02. The van der Waals surface area contributed by atoms with Crippen molar-refractivity contribution in [1.29, 1.82) is 0 Å². The molecule has 1 amide bonds. The Morgan fingerprint density at radius 2 is 2.40 bits per heavy atom. The van der Waals surface area contributed by atoms with Gasteiger partial charge in [-0.25, -0.2) is 0 Å². The van der Waals surface area contributed by atoms with Crippen LogP contribution in [-0.4, -0.2) is 12.5 Å². The van der Waals surface area contributed by atoms with Gasteiger partial charge in [-0.05, 0) is 25.1 Å². The minimum Gasteiger partial charge on any atom is -0.349 e. The van der Waals surface area contributed by atoms with Gasteiger partial charge in [0, 0.05) is 12.1 Å². The molecule has 1 N–H and O–H groups in total. The molecule has 0 fully saturated rings. The minimum atomic E-state index is -0.0830. The Labute approximate surface area is 90.0 Å². The fourth-order valence-electron chi connectivity index (χ4n) is 1.17. The van der Waals surface area contributed by atoms with Crippen LogP contribution < -0.4 is 5.32 Å². The molecule has 1 rings (SSSR count). The molecule has 0 aliphatic rings. The van der Waals surface area contributed by atoms with E-state index in [0.29, 0.717) is 12.1 Å². The molecule has 0 aliphatic heterocycles. The number of aryl methyl sites for hydroxylation is 1. The second-order valence-electron chi connectivity index (χ2n) is 3.15. The van der Waals surface area contributed by atoms with Crippen LogP contribution in [0.25, 0.3) is 0 Å². The molecular formula is C13H13NO. The van der Waals surface area contributed by atoms with Gasteiger partial charge >= 0.3 is 0 Å². The fraction of sp³-hybridized carbons (Fsp3) is 0.154. The maximum atomic E-state index is 11.6. The van der Waals surface area contributed by atoms with Gasteiger partial charge in [0.05, 0.1) is 0 Å². The monoisotopic (exact) mass is 199 g/mol. The van der Waals surface area contributed by atoms with Gasteiger partial charge in [0.15, 0.2) is 0 Å². The summed E-state index contributed by atoms with van der Waals surface area (Å²) in [7, 11) is 0. The third-order valence-corrected chi connectivity index (χ3v) is 1.87. The van der Waals surface area contributed by atoms with Crippen LogP contribution in [0.3, 0.4) is 0 Å². The van der Waals surface area contributed by atoms with E-state index in [2.05, 4.69) is 11.2 Å². The first-order valence-electron chi connectivity index (χ1n) is 4.70. The van der Waals surface area contributed by atoms with Gasteiger partial charge in [0.1, 0.15) is 0 Å². The van der Waals surface area contributed by atoms with Crippen molar-refractivity contribution in [2.24, 2.45) is 0 Å². The predicted octanol–water partition coefficient (Wildman–Crippen LogP) is 1.91. The third-order valence-electron chi connectivity index (χ3n) is 1.87. The lowest BCUT2D eigenvalue weighted by Crippen LogP contribution is -2.23. The van der Waals surface area contributed by atoms with E-state index in [1.165, 1.54) is 0 Å². The van der Waals surface area contributed by atoms with Crippen LogP contribution in [0.4, 0.5) is 0 Å². The molecule has 0 aromatic heterocycles.